The second-order valence-electron chi connectivity index (χ2n) is 7.40. The van der Waals surface area contributed by atoms with Gasteiger partial charge in [-0.2, -0.15) is 0 Å². The van der Waals surface area contributed by atoms with Crippen LogP contribution in [0.1, 0.15) is 42.0 Å². The van der Waals surface area contributed by atoms with Gasteiger partial charge in [-0.15, -0.1) is 0 Å². The molecule has 0 saturated carbocycles. The van der Waals surface area contributed by atoms with Gasteiger partial charge in [0.1, 0.15) is 12.4 Å². The molecular formula is C26H27NO. The van der Waals surface area contributed by atoms with Crippen molar-refractivity contribution in [1.82, 2.24) is 4.90 Å². The van der Waals surface area contributed by atoms with Crippen LogP contribution < -0.4 is 4.74 Å². The van der Waals surface area contributed by atoms with Crippen LogP contribution in [0.4, 0.5) is 0 Å². The molecule has 0 N–H and O–H groups in total. The fraction of sp³-hybridized carbons (Fsp3) is 0.231. The first kappa shape index (κ1) is 18.4. The number of nitrogens with zero attached hydrogens (tertiary/aromatic N) is 1. The summed E-state index contributed by atoms with van der Waals surface area (Å²) in [6.45, 7) is 3.96. The highest BCUT2D eigenvalue weighted by Gasteiger charge is 2.19. The molecule has 0 amide bonds. The summed E-state index contributed by atoms with van der Waals surface area (Å²) >= 11 is 0. The summed E-state index contributed by atoms with van der Waals surface area (Å²) in [5.41, 5.74) is 3.91. The Morgan fingerprint density at radius 3 is 2.21 bits per heavy atom. The van der Waals surface area contributed by atoms with Gasteiger partial charge in [-0.25, -0.2) is 0 Å². The predicted octanol–water partition coefficient (Wildman–Crippen LogP) is 6.33. The van der Waals surface area contributed by atoms with Crippen LogP contribution in [0.2, 0.25) is 0 Å². The van der Waals surface area contributed by atoms with Crippen molar-refractivity contribution in [3.05, 3.63) is 114 Å². The molecular weight excluding hydrogens is 342 g/mol. The molecule has 142 valence electrons. The van der Waals surface area contributed by atoms with Gasteiger partial charge in [0.25, 0.3) is 0 Å². The molecule has 0 bridgehead atoms. The van der Waals surface area contributed by atoms with E-state index in [9.17, 15) is 0 Å². The summed E-state index contributed by atoms with van der Waals surface area (Å²) in [5.74, 6) is 1.40. The van der Waals surface area contributed by atoms with Crippen molar-refractivity contribution in [3.63, 3.8) is 0 Å². The first-order chi connectivity index (χ1) is 13.8. The van der Waals surface area contributed by atoms with Gasteiger partial charge in [0.15, 0.2) is 0 Å². The minimum Gasteiger partial charge on any atom is -0.489 e. The number of allylic oxidation sites excluding steroid dienone is 1. The summed E-state index contributed by atoms with van der Waals surface area (Å²) in [5, 5.41) is 0. The second-order valence-corrected chi connectivity index (χ2v) is 7.40. The standard InChI is InChI=1S/C26H27NO/c1-21(23-10-6-3-7-11-23)27-18-16-25(17-19-27)24-12-14-26(15-13-24)28-20-22-8-4-2-5-9-22/h2-16,18,21,25H,17,19-20H2,1H3/t21?,25-/m0/s1. The maximum Gasteiger partial charge on any atom is 0.119 e. The van der Waals surface area contributed by atoms with Crippen LogP contribution in [0.3, 0.4) is 0 Å². The van der Waals surface area contributed by atoms with E-state index >= 15 is 0 Å². The largest absolute Gasteiger partial charge is 0.489 e. The molecule has 0 fully saturated rings. The van der Waals surface area contributed by atoms with Crippen LogP contribution in [-0.4, -0.2) is 11.4 Å². The van der Waals surface area contributed by atoms with E-state index < -0.39 is 0 Å². The fourth-order valence-corrected chi connectivity index (χ4v) is 3.75. The molecule has 1 aliphatic rings. The highest BCUT2D eigenvalue weighted by atomic mass is 16.5. The zero-order chi connectivity index (χ0) is 19.2. The minimum atomic E-state index is 0.409. The number of benzene rings is 3. The third-order valence-corrected chi connectivity index (χ3v) is 5.54. The highest BCUT2D eigenvalue weighted by Crippen LogP contribution is 2.31. The van der Waals surface area contributed by atoms with Crippen LogP contribution in [0, 0.1) is 0 Å². The Hall–Kier alpha value is -3.00. The van der Waals surface area contributed by atoms with Crippen molar-refractivity contribution < 1.29 is 4.74 Å². The Morgan fingerprint density at radius 2 is 1.57 bits per heavy atom. The van der Waals surface area contributed by atoms with Crippen LogP contribution >= 0.6 is 0 Å². The van der Waals surface area contributed by atoms with Gasteiger partial charge in [-0.3, -0.25) is 0 Å². The molecule has 0 radical (unpaired) electrons. The number of hydrogen-bond donors (Lipinski definition) is 0. The Morgan fingerprint density at radius 1 is 0.893 bits per heavy atom. The molecule has 28 heavy (non-hydrogen) atoms. The van der Waals surface area contributed by atoms with Crippen molar-refractivity contribution >= 4 is 0 Å². The van der Waals surface area contributed by atoms with Gasteiger partial charge in [0.05, 0.1) is 6.04 Å². The van der Waals surface area contributed by atoms with Crippen molar-refractivity contribution in [2.75, 3.05) is 6.54 Å². The maximum atomic E-state index is 5.91. The molecule has 1 aliphatic heterocycles. The quantitative estimate of drug-likeness (QED) is 0.503. The zero-order valence-electron chi connectivity index (χ0n) is 16.4. The van der Waals surface area contributed by atoms with Gasteiger partial charge in [0, 0.05) is 12.5 Å². The third kappa shape index (κ3) is 4.45. The second kappa shape index (κ2) is 8.79. The van der Waals surface area contributed by atoms with Crippen LogP contribution in [0.5, 0.6) is 5.75 Å². The molecule has 0 aromatic heterocycles. The summed E-state index contributed by atoms with van der Waals surface area (Å²) in [6.07, 6.45) is 5.74. The zero-order valence-corrected chi connectivity index (χ0v) is 16.4. The number of hydrogen-bond acceptors (Lipinski definition) is 2. The number of ether oxygens (including phenoxy) is 1. The van der Waals surface area contributed by atoms with E-state index in [-0.39, 0.29) is 0 Å². The van der Waals surface area contributed by atoms with Gasteiger partial charge in [0.2, 0.25) is 0 Å². The molecule has 0 spiro atoms. The van der Waals surface area contributed by atoms with Crippen LogP contribution in [0.15, 0.2) is 97.2 Å². The lowest BCUT2D eigenvalue weighted by molar-refractivity contribution is 0.276. The summed E-state index contributed by atoms with van der Waals surface area (Å²) in [4.78, 5) is 2.43. The van der Waals surface area contributed by atoms with Crippen molar-refractivity contribution in [1.29, 1.82) is 0 Å². The predicted molar refractivity (Wildman–Crippen MR) is 115 cm³/mol. The average molecular weight is 370 g/mol. The van der Waals surface area contributed by atoms with E-state index in [1.54, 1.807) is 0 Å². The lowest BCUT2D eigenvalue weighted by atomic mass is 9.92. The third-order valence-electron chi connectivity index (χ3n) is 5.54. The molecule has 2 nitrogen and oxygen atoms in total. The Labute approximate surface area is 168 Å². The summed E-state index contributed by atoms with van der Waals surface area (Å²) in [6, 6.07) is 30.0. The normalized spacial score (nSPS) is 17.3. The van der Waals surface area contributed by atoms with E-state index in [4.69, 9.17) is 4.74 Å². The molecule has 2 atom stereocenters. The lowest BCUT2D eigenvalue weighted by Crippen LogP contribution is -2.26. The average Bonchev–Trinajstić information content (AvgIpc) is 2.79. The molecule has 1 heterocycles. The van der Waals surface area contributed by atoms with Gasteiger partial charge >= 0.3 is 0 Å². The van der Waals surface area contributed by atoms with Gasteiger partial charge in [-0.1, -0.05) is 78.9 Å². The highest BCUT2D eigenvalue weighted by molar-refractivity contribution is 5.32. The fourth-order valence-electron chi connectivity index (χ4n) is 3.75. The minimum absolute atomic E-state index is 0.409. The van der Waals surface area contributed by atoms with E-state index in [1.807, 2.05) is 18.2 Å². The van der Waals surface area contributed by atoms with Crippen LogP contribution in [0.25, 0.3) is 0 Å². The van der Waals surface area contributed by atoms with Crippen LogP contribution in [-0.2, 0) is 6.61 Å². The Kier molecular flexibility index (Phi) is 5.77. The van der Waals surface area contributed by atoms with E-state index in [0.29, 0.717) is 18.6 Å². The van der Waals surface area contributed by atoms with Gasteiger partial charge < -0.3 is 9.64 Å². The Bertz CT molecular complexity index is 887. The summed E-state index contributed by atoms with van der Waals surface area (Å²) < 4.78 is 5.91. The van der Waals surface area contributed by atoms with E-state index in [1.165, 1.54) is 16.7 Å². The first-order valence-electron chi connectivity index (χ1n) is 10.1. The summed E-state index contributed by atoms with van der Waals surface area (Å²) in [7, 11) is 0. The van der Waals surface area contributed by atoms with Crippen molar-refractivity contribution in [2.24, 2.45) is 0 Å². The smallest absolute Gasteiger partial charge is 0.119 e. The molecule has 3 aromatic carbocycles. The monoisotopic (exact) mass is 369 g/mol. The SMILES string of the molecule is CC(c1ccccc1)N1C=C[C@H](c2ccc(OCc3ccccc3)cc2)CC1. The number of rotatable bonds is 6. The molecule has 2 heteroatoms. The van der Waals surface area contributed by atoms with Crippen molar-refractivity contribution in [2.45, 2.75) is 31.9 Å². The van der Waals surface area contributed by atoms with Crippen molar-refractivity contribution in [3.8, 4) is 5.75 Å². The molecule has 1 unspecified atom stereocenters. The lowest BCUT2D eigenvalue weighted by Gasteiger charge is -2.33. The molecule has 0 saturated heterocycles. The first-order valence-corrected chi connectivity index (χ1v) is 10.1. The molecule has 4 rings (SSSR count). The topological polar surface area (TPSA) is 12.5 Å². The van der Waals surface area contributed by atoms with E-state index in [0.717, 1.165) is 18.7 Å². The molecule has 0 aliphatic carbocycles. The molecule has 3 aromatic rings. The Balaban J connectivity index is 1.35. The van der Waals surface area contributed by atoms with Gasteiger partial charge in [-0.05, 0) is 48.4 Å². The van der Waals surface area contributed by atoms with E-state index in [2.05, 4.69) is 90.8 Å². The maximum absolute atomic E-state index is 5.91.